The van der Waals surface area contributed by atoms with E-state index < -0.39 is 16.8 Å². The van der Waals surface area contributed by atoms with E-state index in [0.717, 1.165) is 5.56 Å². The van der Waals surface area contributed by atoms with Crippen molar-refractivity contribution in [2.24, 2.45) is 11.8 Å². The van der Waals surface area contributed by atoms with E-state index in [4.69, 9.17) is 0 Å². The lowest BCUT2D eigenvalue weighted by Crippen LogP contribution is -2.42. The van der Waals surface area contributed by atoms with Crippen LogP contribution in [0.1, 0.15) is 18.9 Å². The highest BCUT2D eigenvalue weighted by Crippen LogP contribution is 2.33. The molecule has 0 saturated carbocycles. The molecule has 2 atom stereocenters. The van der Waals surface area contributed by atoms with Gasteiger partial charge in [0.15, 0.2) is 0 Å². The molecule has 0 spiro atoms. The van der Waals surface area contributed by atoms with Gasteiger partial charge in [0, 0.05) is 19.2 Å². The number of piperidine rings is 1. The van der Waals surface area contributed by atoms with Crippen molar-refractivity contribution in [3.05, 3.63) is 33.9 Å². The van der Waals surface area contributed by atoms with Crippen molar-refractivity contribution in [2.75, 3.05) is 18.0 Å². The number of carboxylic acid groups (broad SMARTS) is 1. The van der Waals surface area contributed by atoms with E-state index in [-0.39, 0.29) is 11.6 Å². The number of hydrogen-bond donors (Lipinski definition) is 1. The van der Waals surface area contributed by atoms with Gasteiger partial charge in [0.05, 0.1) is 10.8 Å². The Labute approximate surface area is 117 Å². The van der Waals surface area contributed by atoms with Gasteiger partial charge in [-0.15, -0.1) is 0 Å². The van der Waals surface area contributed by atoms with Gasteiger partial charge in [-0.25, -0.2) is 0 Å². The lowest BCUT2D eigenvalue weighted by atomic mass is 9.90. The molecule has 6 nitrogen and oxygen atoms in total. The lowest BCUT2D eigenvalue weighted by molar-refractivity contribution is -0.384. The van der Waals surface area contributed by atoms with Crippen LogP contribution in [-0.4, -0.2) is 29.1 Å². The average Bonchev–Trinajstić information content (AvgIpc) is 2.37. The minimum atomic E-state index is -0.837. The number of rotatable bonds is 3. The van der Waals surface area contributed by atoms with E-state index in [1.165, 1.54) is 6.07 Å². The first-order valence-corrected chi connectivity index (χ1v) is 6.61. The molecule has 1 aromatic carbocycles. The van der Waals surface area contributed by atoms with Crippen molar-refractivity contribution in [1.29, 1.82) is 0 Å². The van der Waals surface area contributed by atoms with Gasteiger partial charge in [0.1, 0.15) is 5.69 Å². The van der Waals surface area contributed by atoms with Crippen LogP contribution in [0.5, 0.6) is 0 Å². The highest BCUT2D eigenvalue weighted by Gasteiger charge is 2.32. The molecule has 1 fully saturated rings. The number of anilines is 1. The fourth-order valence-electron chi connectivity index (χ4n) is 2.77. The van der Waals surface area contributed by atoms with Crippen LogP contribution in [0.2, 0.25) is 0 Å². The third kappa shape index (κ3) is 2.89. The molecule has 0 radical (unpaired) electrons. The van der Waals surface area contributed by atoms with Crippen LogP contribution >= 0.6 is 0 Å². The second kappa shape index (κ2) is 5.48. The smallest absolute Gasteiger partial charge is 0.308 e. The summed E-state index contributed by atoms with van der Waals surface area (Å²) in [7, 11) is 0. The molecule has 1 aliphatic rings. The largest absolute Gasteiger partial charge is 0.481 e. The molecule has 2 unspecified atom stereocenters. The highest BCUT2D eigenvalue weighted by molar-refractivity contribution is 5.72. The minimum absolute atomic E-state index is 0.0447. The maximum absolute atomic E-state index is 11.2. The van der Waals surface area contributed by atoms with Crippen LogP contribution in [-0.2, 0) is 4.79 Å². The van der Waals surface area contributed by atoms with E-state index in [1.54, 1.807) is 13.0 Å². The van der Waals surface area contributed by atoms with Crippen molar-refractivity contribution in [3.63, 3.8) is 0 Å². The first-order chi connectivity index (χ1) is 9.38. The molecular weight excluding hydrogens is 260 g/mol. The maximum atomic E-state index is 11.2. The first-order valence-electron chi connectivity index (χ1n) is 6.61. The molecule has 1 heterocycles. The van der Waals surface area contributed by atoms with Crippen LogP contribution in [0.4, 0.5) is 11.4 Å². The maximum Gasteiger partial charge on any atom is 0.308 e. The quantitative estimate of drug-likeness (QED) is 0.678. The monoisotopic (exact) mass is 278 g/mol. The summed E-state index contributed by atoms with van der Waals surface area (Å²) < 4.78 is 0. The standard InChI is InChI=1S/C14H18N2O4/c1-9-3-4-12(13(6-9)16(19)20)15-7-10(2)5-11(8-15)14(17)18/h3-4,6,10-11H,5,7-8H2,1-2H3,(H,17,18). The molecular formula is C14H18N2O4. The number of carboxylic acids is 1. The number of nitrogens with zero attached hydrogens (tertiary/aromatic N) is 2. The summed E-state index contributed by atoms with van der Waals surface area (Å²) >= 11 is 0. The van der Waals surface area contributed by atoms with E-state index in [0.29, 0.717) is 25.2 Å². The van der Waals surface area contributed by atoms with Gasteiger partial charge in [-0.1, -0.05) is 13.0 Å². The zero-order chi connectivity index (χ0) is 14.9. The van der Waals surface area contributed by atoms with E-state index in [1.807, 2.05) is 17.9 Å². The third-order valence-electron chi connectivity index (χ3n) is 3.68. The van der Waals surface area contributed by atoms with Crippen molar-refractivity contribution < 1.29 is 14.8 Å². The number of nitro groups is 1. The van der Waals surface area contributed by atoms with Crippen LogP contribution in [0.15, 0.2) is 18.2 Å². The summed E-state index contributed by atoms with van der Waals surface area (Å²) in [4.78, 5) is 23.8. The molecule has 108 valence electrons. The van der Waals surface area contributed by atoms with Crippen LogP contribution < -0.4 is 4.90 Å². The number of nitro benzene ring substituents is 1. The van der Waals surface area contributed by atoms with Gasteiger partial charge in [0.2, 0.25) is 0 Å². The summed E-state index contributed by atoms with van der Waals surface area (Å²) in [6, 6.07) is 5.06. The Hall–Kier alpha value is -2.11. The number of benzene rings is 1. The van der Waals surface area contributed by atoms with E-state index in [9.17, 15) is 20.0 Å². The number of aryl methyl sites for hydroxylation is 1. The van der Waals surface area contributed by atoms with Gasteiger partial charge in [-0.2, -0.15) is 0 Å². The fraction of sp³-hybridized carbons (Fsp3) is 0.500. The van der Waals surface area contributed by atoms with E-state index >= 15 is 0 Å². The summed E-state index contributed by atoms with van der Waals surface area (Å²) in [5, 5.41) is 20.4. The molecule has 20 heavy (non-hydrogen) atoms. The third-order valence-corrected chi connectivity index (χ3v) is 3.68. The Kier molecular flexibility index (Phi) is 3.92. The van der Waals surface area contributed by atoms with Gasteiger partial charge in [-0.3, -0.25) is 14.9 Å². The van der Waals surface area contributed by atoms with Crippen LogP contribution in [0.25, 0.3) is 0 Å². The van der Waals surface area contributed by atoms with Crippen LogP contribution in [0, 0.1) is 28.9 Å². The summed E-state index contributed by atoms with van der Waals surface area (Å²) in [5.74, 6) is -1.11. The number of carbonyl (C=O) groups is 1. The van der Waals surface area contributed by atoms with Crippen molar-refractivity contribution in [1.82, 2.24) is 0 Å². The molecule has 1 N–H and O–H groups in total. The van der Waals surface area contributed by atoms with Crippen molar-refractivity contribution in [3.8, 4) is 0 Å². The zero-order valence-corrected chi connectivity index (χ0v) is 11.6. The normalized spacial score (nSPS) is 22.6. The van der Waals surface area contributed by atoms with Crippen molar-refractivity contribution >= 4 is 17.3 Å². The summed E-state index contributed by atoms with van der Waals surface area (Å²) in [6.45, 7) is 4.75. The Bertz CT molecular complexity index is 544. The van der Waals surface area contributed by atoms with Crippen LogP contribution in [0.3, 0.4) is 0 Å². The second-order valence-corrected chi connectivity index (χ2v) is 5.53. The highest BCUT2D eigenvalue weighted by atomic mass is 16.6. The van der Waals surface area contributed by atoms with Gasteiger partial charge >= 0.3 is 5.97 Å². The Morgan fingerprint density at radius 3 is 2.75 bits per heavy atom. The first kappa shape index (κ1) is 14.3. The minimum Gasteiger partial charge on any atom is -0.481 e. The molecule has 0 aromatic heterocycles. The Morgan fingerprint density at radius 2 is 2.15 bits per heavy atom. The van der Waals surface area contributed by atoms with Gasteiger partial charge in [-0.05, 0) is 30.9 Å². The molecule has 0 aliphatic carbocycles. The SMILES string of the molecule is Cc1ccc(N2CC(C)CC(C(=O)O)C2)c([N+](=O)[O-])c1. The predicted octanol–water partition coefficient (Wildman–Crippen LogP) is 2.45. The summed E-state index contributed by atoms with van der Waals surface area (Å²) in [6.07, 6.45) is 0.617. The summed E-state index contributed by atoms with van der Waals surface area (Å²) in [5.41, 5.74) is 1.38. The molecule has 1 saturated heterocycles. The zero-order valence-electron chi connectivity index (χ0n) is 11.6. The molecule has 2 rings (SSSR count). The van der Waals surface area contributed by atoms with E-state index in [2.05, 4.69) is 0 Å². The fourth-order valence-corrected chi connectivity index (χ4v) is 2.77. The predicted molar refractivity (Wildman–Crippen MR) is 75.0 cm³/mol. The molecule has 6 heteroatoms. The van der Waals surface area contributed by atoms with Gasteiger partial charge in [0.25, 0.3) is 5.69 Å². The number of hydrogen-bond acceptors (Lipinski definition) is 4. The topological polar surface area (TPSA) is 83.7 Å². The molecule has 1 aliphatic heterocycles. The number of aliphatic carboxylic acids is 1. The average molecular weight is 278 g/mol. The van der Waals surface area contributed by atoms with Crippen molar-refractivity contribution in [2.45, 2.75) is 20.3 Å². The molecule has 1 aromatic rings. The lowest BCUT2D eigenvalue weighted by Gasteiger charge is -2.35. The molecule has 0 bridgehead atoms. The van der Waals surface area contributed by atoms with Gasteiger partial charge < -0.3 is 10.0 Å². The second-order valence-electron chi connectivity index (χ2n) is 5.53. The Balaban J connectivity index is 2.35. The molecule has 0 amide bonds. The Morgan fingerprint density at radius 1 is 1.45 bits per heavy atom.